The van der Waals surface area contributed by atoms with Gasteiger partial charge in [-0.25, -0.2) is 0 Å². The zero-order valence-electron chi connectivity index (χ0n) is 61.6. The number of hydrogen-bond acceptors (Lipinski definition) is 10. The van der Waals surface area contributed by atoms with Crippen LogP contribution in [0.1, 0.15) is 129 Å². The molecule has 12 rings (SSSR count). The van der Waals surface area contributed by atoms with Gasteiger partial charge in [-0.2, -0.15) is 42.8 Å². The second kappa shape index (κ2) is 30.5. The van der Waals surface area contributed by atoms with Gasteiger partial charge < -0.3 is 9.80 Å². The first-order valence-corrected chi connectivity index (χ1v) is 42.9. The van der Waals surface area contributed by atoms with Crippen LogP contribution in [0.3, 0.4) is 0 Å². The third kappa shape index (κ3) is 16.4. The Morgan fingerprint density at radius 2 is 0.660 bits per heavy atom. The Morgan fingerprint density at radius 3 is 0.991 bits per heavy atom. The van der Waals surface area contributed by atoms with Gasteiger partial charge in [-0.05, 0) is 168 Å². The Balaban J connectivity index is 1.06. The van der Waals surface area contributed by atoms with Gasteiger partial charge in [0, 0.05) is 94.9 Å². The van der Waals surface area contributed by atoms with Crippen LogP contribution in [0.4, 0.5) is 22.7 Å². The number of fused-ring (bicyclic) bond motifs is 12. The minimum Gasteiger partial charge on any atom is -0.344 e. The van der Waals surface area contributed by atoms with Crippen LogP contribution in [0, 0.1) is 0 Å². The van der Waals surface area contributed by atoms with Gasteiger partial charge in [0.1, 0.15) is 13.1 Å². The maximum absolute atomic E-state index is 12.2. The smallest absolute Gasteiger partial charge is 0.264 e. The van der Waals surface area contributed by atoms with Gasteiger partial charge in [0.15, 0.2) is 11.4 Å². The highest BCUT2D eigenvalue weighted by molar-refractivity contribution is 7.86. The number of rotatable bonds is 29. The molecule has 16 nitrogen and oxygen atoms in total. The van der Waals surface area contributed by atoms with E-state index < -0.39 is 62.1 Å². The Bertz CT molecular complexity index is 5290. The van der Waals surface area contributed by atoms with E-state index in [2.05, 4.69) is 220 Å². The summed E-state index contributed by atoms with van der Waals surface area (Å²) in [6.07, 6.45) is 28.1. The summed E-state index contributed by atoms with van der Waals surface area (Å²) in [5.74, 6) is -1.45. The molecular formula is C86H96N4O12S4+2. The Hall–Kier alpha value is -8.70. The molecule has 8 aromatic rings. The van der Waals surface area contributed by atoms with Gasteiger partial charge in [-0.3, -0.25) is 18.2 Å². The molecule has 0 radical (unpaired) electrons. The highest BCUT2D eigenvalue weighted by Crippen LogP contribution is 2.53. The third-order valence-electron chi connectivity index (χ3n) is 21.6. The van der Waals surface area contributed by atoms with Crippen molar-refractivity contribution in [3.05, 3.63) is 263 Å². The van der Waals surface area contributed by atoms with Gasteiger partial charge in [0.25, 0.3) is 40.5 Å². The lowest BCUT2D eigenvalue weighted by molar-refractivity contribution is -0.438. The number of allylic oxidation sites excluding steroid dienone is 16. The van der Waals surface area contributed by atoms with Crippen LogP contribution in [-0.2, 0) is 62.1 Å². The van der Waals surface area contributed by atoms with Gasteiger partial charge in [-0.1, -0.05) is 185 Å². The van der Waals surface area contributed by atoms with Gasteiger partial charge in [0.2, 0.25) is 11.4 Å². The van der Waals surface area contributed by atoms with Gasteiger partial charge in [-0.15, -0.1) is 0 Å². The molecule has 8 aromatic carbocycles. The molecule has 0 aromatic heterocycles. The SMILES string of the molecule is CC1(C)C(/C=C/C=C/C(=C/C=C2\N(CCCCS(=O)(=O)O)c3ccc4ccccc4c3C2(C)C)C(=C\C=C2/N(CCCCS(=O)(=O)O)c3ccc4ccccc4c3C2(C)C)/C=C/C=C/C2=[N+](CCCCS(=O)(=O)O)c3ccc4ccccc4c3C2(C)C)=[N+](CCCCS(=O)(=O)O)c2ccc3ccccc3c21. The van der Waals surface area contributed by atoms with Crippen LogP contribution in [0.15, 0.2) is 241 Å². The summed E-state index contributed by atoms with van der Waals surface area (Å²) in [6, 6.07) is 50.3. The summed E-state index contributed by atoms with van der Waals surface area (Å²) in [4.78, 5) is 4.55. The summed E-state index contributed by atoms with van der Waals surface area (Å²) in [7, 11) is -16.8. The molecule has 554 valence electrons. The molecule has 4 aliphatic heterocycles. The molecule has 0 unspecified atom stereocenters. The molecule has 0 aliphatic carbocycles. The maximum atomic E-state index is 12.2. The zero-order chi connectivity index (χ0) is 75.8. The first kappa shape index (κ1) is 76.9. The standard InChI is InChI=1S/C86H94N4O12S4/c1-83(2)75(87(53-21-25-57-103(91,92)93)71-47-41-63-31-9-15-35-67(63)79(71)83)39-19-13-29-61(45-51-77-85(5,6)81-69-37-17-11-33-65(69)43-49-73(81)89(77)55-23-27-59-105(97,98)99)62(46-52-78-86(7,8)82-70-38-18-12-34-66(70)44-50-74(82)90(78)56-24-28-60-106(100,101)102)30-14-20-40-76-84(3,4)80-68-36-16-10-32-64(68)42-48-72(80)88(76)54-22-26-58-104(94,95)96/h9-20,29-52H,21-28,53-60H2,1-8H3,(H2-2,91,92,93,94,95,96,97,98,99,100,101,102)/p+2. The molecule has 0 saturated carbocycles. The third-order valence-corrected chi connectivity index (χ3v) is 24.8. The van der Waals surface area contributed by atoms with E-state index in [1.54, 1.807) is 0 Å². The fourth-order valence-electron chi connectivity index (χ4n) is 16.8. The molecule has 0 fully saturated rings. The molecule has 106 heavy (non-hydrogen) atoms. The number of benzene rings is 8. The topological polar surface area (TPSA) is 230 Å². The molecule has 0 saturated heterocycles. The highest BCUT2D eigenvalue weighted by Gasteiger charge is 2.48. The number of unbranched alkanes of at least 4 members (excludes halogenated alkanes) is 4. The lowest BCUT2D eigenvalue weighted by Crippen LogP contribution is -2.28. The molecular weight excluding hydrogens is 1410 g/mol. The predicted molar refractivity (Wildman–Crippen MR) is 434 cm³/mol. The summed E-state index contributed by atoms with van der Waals surface area (Å²) in [5.41, 5.74) is 11.8. The van der Waals surface area contributed by atoms with E-state index in [0.29, 0.717) is 51.9 Å². The maximum Gasteiger partial charge on any atom is 0.264 e. The van der Waals surface area contributed by atoms with E-state index in [1.807, 2.05) is 72.8 Å². The average Bonchev–Trinajstić information content (AvgIpc) is 1.60. The predicted octanol–water partition coefficient (Wildman–Crippen LogP) is 17.9. The van der Waals surface area contributed by atoms with Crippen molar-refractivity contribution in [1.29, 1.82) is 0 Å². The van der Waals surface area contributed by atoms with Crippen molar-refractivity contribution in [3.63, 3.8) is 0 Å². The molecule has 4 aliphatic rings. The van der Waals surface area contributed by atoms with Crippen molar-refractivity contribution >= 4 is 118 Å². The van der Waals surface area contributed by atoms with Crippen LogP contribution in [0.2, 0.25) is 0 Å². The van der Waals surface area contributed by atoms with Crippen molar-refractivity contribution in [2.24, 2.45) is 0 Å². The van der Waals surface area contributed by atoms with Crippen molar-refractivity contribution in [2.75, 3.05) is 59.0 Å². The first-order chi connectivity index (χ1) is 50.2. The van der Waals surface area contributed by atoms with Crippen LogP contribution in [0.25, 0.3) is 43.1 Å². The summed E-state index contributed by atoms with van der Waals surface area (Å²) in [5, 5.41) is 8.76. The summed E-state index contributed by atoms with van der Waals surface area (Å²) >= 11 is 0. The lowest BCUT2D eigenvalue weighted by Gasteiger charge is -2.27. The lowest BCUT2D eigenvalue weighted by atomic mass is 9.79. The van der Waals surface area contributed by atoms with E-state index in [0.717, 1.165) is 122 Å². The quantitative estimate of drug-likeness (QED) is 0.0148. The van der Waals surface area contributed by atoms with Crippen molar-refractivity contribution in [2.45, 2.75) is 128 Å². The van der Waals surface area contributed by atoms with E-state index in [-0.39, 0.29) is 48.7 Å². The molecule has 0 atom stereocenters. The highest BCUT2D eigenvalue weighted by atomic mass is 32.2. The van der Waals surface area contributed by atoms with Crippen molar-refractivity contribution in [3.8, 4) is 0 Å². The van der Waals surface area contributed by atoms with Crippen LogP contribution >= 0.6 is 0 Å². The normalized spacial score (nSPS) is 18.2. The Labute approximate surface area is 625 Å². The van der Waals surface area contributed by atoms with E-state index in [9.17, 15) is 51.9 Å². The van der Waals surface area contributed by atoms with Crippen LogP contribution in [-0.4, -0.2) is 122 Å². The Morgan fingerprint density at radius 1 is 0.358 bits per heavy atom. The Kier molecular flexibility index (Phi) is 22.1. The van der Waals surface area contributed by atoms with E-state index in [4.69, 9.17) is 0 Å². The molecule has 4 N–H and O–H groups in total. The van der Waals surface area contributed by atoms with Gasteiger partial charge in [0.05, 0.1) is 33.8 Å². The summed E-state index contributed by atoms with van der Waals surface area (Å²) < 4.78 is 141. The molecule has 0 bridgehead atoms. The first-order valence-electron chi connectivity index (χ1n) is 36.5. The molecule has 0 amide bonds. The number of anilines is 2. The molecule has 0 spiro atoms. The van der Waals surface area contributed by atoms with E-state index in [1.165, 1.54) is 0 Å². The fourth-order valence-corrected chi connectivity index (χ4v) is 19.0. The summed E-state index contributed by atoms with van der Waals surface area (Å²) in [6.45, 7) is 19.6. The largest absolute Gasteiger partial charge is 0.344 e. The second-order valence-corrected chi connectivity index (χ2v) is 36.6. The van der Waals surface area contributed by atoms with Crippen LogP contribution in [0.5, 0.6) is 0 Å². The van der Waals surface area contributed by atoms with Crippen molar-refractivity contribution < 1.29 is 61.0 Å². The molecule has 20 heteroatoms. The minimum absolute atomic E-state index is 0.236. The van der Waals surface area contributed by atoms with Crippen molar-refractivity contribution in [1.82, 2.24) is 0 Å². The van der Waals surface area contributed by atoms with Gasteiger partial charge >= 0.3 is 0 Å². The zero-order valence-corrected chi connectivity index (χ0v) is 64.8. The van der Waals surface area contributed by atoms with Crippen LogP contribution < -0.4 is 9.80 Å². The second-order valence-electron chi connectivity index (χ2n) is 30.4. The number of nitrogens with zero attached hydrogens (tertiary/aromatic N) is 4. The number of hydrogen-bond donors (Lipinski definition) is 4. The fraction of sp³-hybridized carbons (Fsp3) is 0.326. The monoisotopic (exact) mass is 1500 g/mol. The molecule has 4 heterocycles. The minimum atomic E-state index is -4.22. The average molecular weight is 1510 g/mol. The van der Waals surface area contributed by atoms with E-state index >= 15 is 0 Å².